The second kappa shape index (κ2) is 7.55. The van der Waals surface area contributed by atoms with Gasteiger partial charge in [-0.3, -0.25) is 14.0 Å². The van der Waals surface area contributed by atoms with Crippen LogP contribution in [0.3, 0.4) is 0 Å². The fraction of sp³-hybridized carbons (Fsp3) is 0.0500. The third kappa shape index (κ3) is 3.70. The molecule has 146 valence electrons. The molecule has 0 saturated carbocycles. The number of halogens is 2. The molecule has 0 aliphatic carbocycles. The molecule has 7 nitrogen and oxygen atoms in total. The molecule has 0 radical (unpaired) electrons. The van der Waals surface area contributed by atoms with Crippen molar-refractivity contribution < 1.29 is 22.8 Å². The largest absolute Gasteiger partial charge is 0.467 e. The van der Waals surface area contributed by atoms with Gasteiger partial charge in [-0.15, -0.1) is 0 Å². The summed E-state index contributed by atoms with van der Waals surface area (Å²) in [6.45, 7) is 0.161. The SMILES string of the molecule is O=C(NCc1ccco1)c1nc(C(=O)Nc2ccc(F)c(F)c2)n2ccccc12. The number of carbonyl (C=O) groups excluding carboxylic acids is 2. The van der Waals surface area contributed by atoms with Gasteiger partial charge in [0.25, 0.3) is 11.8 Å². The van der Waals surface area contributed by atoms with Crippen LogP contribution in [0.5, 0.6) is 0 Å². The number of hydrogen-bond acceptors (Lipinski definition) is 4. The van der Waals surface area contributed by atoms with E-state index in [4.69, 9.17) is 4.42 Å². The monoisotopic (exact) mass is 396 g/mol. The standard InChI is InChI=1S/C20H14F2N4O3/c21-14-7-6-12(10-15(14)22)24-20(28)18-25-17(16-5-1-2-8-26(16)18)19(27)23-11-13-4-3-9-29-13/h1-10H,11H2,(H,23,27)(H,24,28). The average Bonchev–Trinajstić information content (AvgIpc) is 3.37. The minimum atomic E-state index is -1.09. The van der Waals surface area contributed by atoms with Crippen molar-refractivity contribution in [3.05, 3.63) is 89.9 Å². The van der Waals surface area contributed by atoms with Gasteiger partial charge in [-0.05, 0) is 36.4 Å². The van der Waals surface area contributed by atoms with Crippen molar-refractivity contribution in [2.75, 3.05) is 5.32 Å². The van der Waals surface area contributed by atoms with Crippen LogP contribution in [0.4, 0.5) is 14.5 Å². The molecule has 4 rings (SSSR count). The van der Waals surface area contributed by atoms with Gasteiger partial charge in [0.1, 0.15) is 5.76 Å². The summed E-state index contributed by atoms with van der Waals surface area (Å²) in [4.78, 5) is 29.4. The number of rotatable bonds is 5. The summed E-state index contributed by atoms with van der Waals surface area (Å²) in [5.41, 5.74) is 0.526. The molecule has 0 fully saturated rings. The van der Waals surface area contributed by atoms with Crippen LogP contribution < -0.4 is 10.6 Å². The van der Waals surface area contributed by atoms with Crippen LogP contribution in [0.25, 0.3) is 5.52 Å². The van der Waals surface area contributed by atoms with Gasteiger partial charge in [-0.2, -0.15) is 0 Å². The minimum Gasteiger partial charge on any atom is -0.467 e. The fourth-order valence-electron chi connectivity index (χ4n) is 2.79. The zero-order valence-corrected chi connectivity index (χ0v) is 14.9. The lowest BCUT2D eigenvalue weighted by Crippen LogP contribution is -2.23. The van der Waals surface area contributed by atoms with E-state index in [1.165, 1.54) is 16.7 Å². The summed E-state index contributed by atoms with van der Waals surface area (Å²) >= 11 is 0. The lowest BCUT2D eigenvalue weighted by molar-refractivity contribution is 0.0945. The summed E-state index contributed by atoms with van der Waals surface area (Å²) in [6, 6.07) is 11.4. The quantitative estimate of drug-likeness (QED) is 0.541. The van der Waals surface area contributed by atoms with E-state index in [0.717, 1.165) is 12.1 Å². The first-order chi connectivity index (χ1) is 14.0. The number of pyridine rings is 1. The Morgan fingerprint density at radius 1 is 1.03 bits per heavy atom. The summed E-state index contributed by atoms with van der Waals surface area (Å²) in [7, 11) is 0. The Bertz CT molecular complexity index is 1200. The Morgan fingerprint density at radius 3 is 2.66 bits per heavy atom. The Morgan fingerprint density at radius 2 is 1.90 bits per heavy atom. The highest BCUT2D eigenvalue weighted by Gasteiger charge is 2.22. The molecular weight excluding hydrogens is 382 g/mol. The Hall–Kier alpha value is -4.01. The zero-order valence-electron chi connectivity index (χ0n) is 14.9. The van der Waals surface area contributed by atoms with E-state index in [-0.39, 0.29) is 23.8 Å². The summed E-state index contributed by atoms with van der Waals surface area (Å²) in [5.74, 6) is -2.79. The molecule has 0 atom stereocenters. The number of nitrogens with one attached hydrogen (secondary N) is 2. The smallest absolute Gasteiger partial charge is 0.292 e. The van der Waals surface area contributed by atoms with Crippen LogP contribution in [-0.4, -0.2) is 21.2 Å². The van der Waals surface area contributed by atoms with Gasteiger partial charge in [0.15, 0.2) is 17.3 Å². The van der Waals surface area contributed by atoms with Crippen molar-refractivity contribution in [3.63, 3.8) is 0 Å². The van der Waals surface area contributed by atoms with Gasteiger partial charge in [-0.25, -0.2) is 13.8 Å². The molecule has 2 amide bonds. The normalized spacial score (nSPS) is 10.8. The number of anilines is 1. The Labute approximate surface area is 163 Å². The summed E-state index contributed by atoms with van der Waals surface area (Å²) in [6.07, 6.45) is 3.07. The van der Waals surface area contributed by atoms with Crippen LogP contribution in [0.1, 0.15) is 26.9 Å². The first kappa shape index (κ1) is 18.4. The maximum atomic E-state index is 13.4. The molecule has 0 bridgehead atoms. The molecule has 29 heavy (non-hydrogen) atoms. The molecule has 3 aromatic heterocycles. The number of hydrogen-bond donors (Lipinski definition) is 2. The second-order valence-electron chi connectivity index (χ2n) is 6.08. The number of benzene rings is 1. The van der Waals surface area contributed by atoms with Crippen LogP contribution in [0, 0.1) is 11.6 Å². The van der Waals surface area contributed by atoms with E-state index < -0.39 is 23.4 Å². The highest BCUT2D eigenvalue weighted by Crippen LogP contribution is 2.17. The number of furan rings is 1. The average molecular weight is 396 g/mol. The lowest BCUT2D eigenvalue weighted by Gasteiger charge is -2.05. The molecule has 2 N–H and O–H groups in total. The number of carbonyl (C=O) groups is 2. The first-order valence-corrected chi connectivity index (χ1v) is 8.57. The van der Waals surface area contributed by atoms with E-state index in [0.29, 0.717) is 11.3 Å². The predicted octanol–water partition coefficient (Wildman–Crippen LogP) is 3.39. The van der Waals surface area contributed by atoms with E-state index in [2.05, 4.69) is 15.6 Å². The number of nitrogens with zero attached hydrogens (tertiary/aromatic N) is 2. The van der Waals surface area contributed by atoms with Crippen molar-refractivity contribution in [1.29, 1.82) is 0 Å². The highest BCUT2D eigenvalue weighted by atomic mass is 19.2. The number of fused-ring (bicyclic) bond motifs is 1. The highest BCUT2D eigenvalue weighted by molar-refractivity contribution is 6.06. The van der Waals surface area contributed by atoms with Crippen molar-refractivity contribution >= 4 is 23.0 Å². The van der Waals surface area contributed by atoms with Gasteiger partial charge in [0.2, 0.25) is 5.82 Å². The molecule has 1 aromatic carbocycles. The molecule has 0 spiro atoms. The molecule has 4 aromatic rings. The van der Waals surface area contributed by atoms with E-state index >= 15 is 0 Å². The molecule has 0 unspecified atom stereocenters. The zero-order chi connectivity index (χ0) is 20.4. The minimum absolute atomic E-state index is 0.0487. The number of aromatic nitrogens is 2. The van der Waals surface area contributed by atoms with Gasteiger partial charge < -0.3 is 15.1 Å². The first-order valence-electron chi connectivity index (χ1n) is 8.57. The molecule has 0 aliphatic heterocycles. The maximum absolute atomic E-state index is 13.4. The third-order valence-corrected chi connectivity index (χ3v) is 4.15. The van der Waals surface area contributed by atoms with Crippen molar-refractivity contribution in [2.24, 2.45) is 0 Å². The maximum Gasteiger partial charge on any atom is 0.292 e. The summed E-state index contributed by atoms with van der Waals surface area (Å²) in [5, 5.41) is 5.13. The van der Waals surface area contributed by atoms with E-state index in [1.807, 2.05) is 0 Å². The van der Waals surface area contributed by atoms with Gasteiger partial charge in [0, 0.05) is 18.0 Å². The Kier molecular flexibility index (Phi) is 4.78. The van der Waals surface area contributed by atoms with E-state index in [1.54, 1.807) is 36.5 Å². The van der Waals surface area contributed by atoms with Crippen molar-refractivity contribution in [2.45, 2.75) is 6.54 Å². The topological polar surface area (TPSA) is 88.6 Å². The molecule has 3 heterocycles. The lowest BCUT2D eigenvalue weighted by atomic mass is 10.3. The molecule has 0 aliphatic rings. The number of imidazole rings is 1. The van der Waals surface area contributed by atoms with Crippen LogP contribution in [-0.2, 0) is 6.54 Å². The molecule has 9 heteroatoms. The van der Waals surface area contributed by atoms with Gasteiger partial charge in [-0.1, -0.05) is 6.07 Å². The van der Waals surface area contributed by atoms with Crippen LogP contribution in [0.15, 0.2) is 65.4 Å². The van der Waals surface area contributed by atoms with Crippen molar-refractivity contribution in [3.8, 4) is 0 Å². The van der Waals surface area contributed by atoms with Gasteiger partial charge >= 0.3 is 0 Å². The fourth-order valence-corrected chi connectivity index (χ4v) is 2.79. The molecule has 0 saturated heterocycles. The predicted molar refractivity (Wildman–Crippen MR) is 99.4 cm³/mol. The second-order valence-corrected chi connectivity index (χ2v) is 6.08. The van der Waals surface area contributed by atoms with E-state index in [9.17, 15) is 18.4 Å². The van der Waals surface area contributed by atoms with Crippen LogP contribution in [0.2, 0.25) is 0 Å². The van der Waals surface area contributed by atoms with Crippen LogP contribution >= 0.6 is 0 Å². The number of amides is 2. The summed E-state index contributed by atoms with van der Waals surface area (Å²) < 4.78 is 33.1. The molecular formula is C20H14F2N4O3. The van der Waals surface area contributed by atoms with Gasteiger partial charge in [0.05, 0.1) is 18.3 Å². The third-order valence-electron chi connectivity index (χ3n) is 4.15. The van der Waals surface area contributed by atoms with Crippen molar-refractivity contribution in [1.82, 2.24) is 14.7 Å². The Balaban J connectivity index is 1.61.